The van der Waals surface area contributed by atoms with Gasteiger partial charge in [-0.1, -0.05) is 11.2 Å². The van der Waals surface area contributed by atoms with E-state index in [2.05, 4.69) is 10.1 Å². The van der Waals surface area contributed by atoms with Gasteiger partial charge in [0.1, 0.15) is 0 Å². The molecule has 0 aromatic carbocycles. The van der Waals surface area contributed by atoms with Gasteiger partial charge in [-0.15, -0.1) is 11.3 Å². The summed E-state index contributed by atoms with van der Waals surface area (Å²) >= 11 is 1.59. The molecule has 2 aromatic heterocycles. The summed E-state index contributed by atoms with van der Waals surface area (Å²) < 4.78 is 5.10. The highest BCUT2D eigenvalue weighted by molar-refractivity contribution is 7.13. The first kappa shape index (κ1) is 10.3. The summed E-state index contributed by atoms with van der Waals surface area (Å²) in [5.74, 6) is 1.30. The van der Waals surface area contributed by atoms with Crippen molar-refractivity contribution >= 4 is 11.3 Å². The highest BCUT2D eigenvalue weighted by Gasteiger charge is 2.08. The van der Waals surface area contributed by atoms with Gasteiger partial charge in [-0.3, -0.25) is 0 Å². The largest absolute Gasteiger partial charge is 0.396 e. The minimum atomic E-state index is 0.214. The fourth-order valence-electron chi connectivity index (χ4n) is 1.25. The first-order valence-electron chi connectivity index (χ1n) is 4.87. The molecule has 0 atom stereocenters. The van der Waals surface area contributed by atoms with Crippen LogP contribution in [-0.4, -0.2) is 21.9 Å². The van der Waals surface area contributed by atoms with E-state index in [1.54, 1.807) is 11.3 Å². The fourth-order valence-corrected chi connectivity index (χ4v) is 1.90. The maximum Gasteiger partial charge on any atom is 0.226 e. The molecular formula is C10H12N2O2S. The van der Waals surface area contributed by atoms with Crippen molar-refractivity contribution in [3.05, 3.63) is 23.4 Å². The van der Waals surface area contributed by atoms with Gasteiger partial charge in [0.2, 0.25) is 11.7 Å². The molecule has 0 aliphatic heterocycles. The van der Waals surface area contributed by atoms with Crippen LogP contribution in [0.25, 0.3) is 10.7 Å². The Kier molecular flexibility index (Phi) is 3.47. The zero-order chi connectivity index (χ0) is 10.5. The predicted octanol–water partition coefficient (Wildman–Crippen LogP) is 2.11. The molecule has 80 valence electrons. The lowest BCUT2D eigenvalue weighted by molar-refractivity contribution is 0.281. The Balaban J connectivity index is 1.98. The van der Waals surface area contributed by atoms with Gasteiger partial charge < -0.3 is 9.63 Å². The van der Waals surface area contributed by atoms with E-state index in [-0.39, 0.29) is 6.61 Å². The van der Waals surface area contributed by atoms with E-state index in [4.69, 9.17) is 9.63 Å². The van der Waals surface area contributed by atoms with E-state index in [1.807, 2.05) is 17.5 Å². The number of hydrogen-bond acceptors (Lipinski definition) is 5. The molecule has 5 heteroatoms. The number of aliphatic hydroxyl groups excluding tert-OH is 1. The average Bonchev–Trinajstić information content (AvgIpc) is 2.87. The van der Waals surface area contributed by atoms with Gasteiger partial charge >= 0.3 is 0 Å². The van der Waals surface area contributed by atoms with Crippen LogP contribution in [0.5, 0.6) is 0 Å². The maximum atomic E-state index is 8.63. The third-order valence-corrected chi connectivity index (χ3v) is 2.87. The maximum absolute atomic E-state index is 8.63. The summed E-state index contributed by atoms with van der Waals surface area (Å²) in [5, 5.41) is 14.5. The predicted molar refractivity (Wildman–Crippen MR) is 57.6 cm³/mol. The van der Waals surface area contributed by atoms with Crippen molar-refractivity contribution in [1.82, 2.24) is 10.1 Å². The standard InChI is InChI=1S/C10H12N2O2S/c13-6-2-1-5-9-11-10(12-14-9)8-4-3-7-15-8/h3-4,7,13H,1-2,5-6H2. The smallest absolute Gasteiger partial charge is 0.226 e. The van der Waals surface area contributed by atoms with E-state index >= 15 is 0 Å². The summed E-state index contributed by atoms with van der Waals surface area (Å²) in [4.78, 5) is 5.30. The number of thiophene rings is 1. The molecule has 0 amide bonds. The molecule has 0 saturated carbocycles. The van der Waals surface area contributed by atoms with Crippen LogP contribution in [0.2, 0.25) is 0 Å². The summed E-state index contributed by atoms with van der Waals surface area (Å²) in [6.07, 6.45) is 2.39. The van der Waals surface area contributed by atoms with Crippen molar-refractivity contribution in [3.63, 3.8) is 0 Å². The second-order valence-corrected chi connectivity index (χ2v) is 4.12. The van der Waals surface area contributed by atoms with E-state index in [0.29, 0.717) is 11.7 Å². The summed E-state index contributed by atoms with van der Waals surface area (Å²) in [7, 11) is 0. The van der Waals surface area contributed by atoms with E-state index < -0.39 is 0 Å². The van der Waals surface area contributed by atoms with E-state index in [9.17, 15) is 0 Å². The van der Waals surface area contributed by atoms with Crippen LogP contribution in [0, 0.1) is 0 Å². The van der Waals surface area contributed by atoms with Crippen LogP contribution in [-0.2, 0) is 6.42 Å². The van der Waals surface area contributed by atoms with Crippen LogP contribution < -0.4 is 0 Å². The van der Waals surface area contributed by atoms with Crippen molar-refractivity contribution in [2.45, 2.75) is 19.3 Å². The summed E-state index contributed by atoms with van der Waals surface area (Å²) in [6.45, 7) is 0.214. The third kappa shape index (κ3) is 2.64. The molecule has 2 heterocycles. The van der Waals surface area contributed by atoms with Crippen LogP contribution in [0.3, 0.4) is 0 Å². The second-order valence-electron chi connectivity index (χ2n) is 3.17. The van der Waals surface area contributed by atoms with Crippen LogP contribution >= 0.6 is 11.3 Å². The number of aliphatic hydroxyl groups is 1. The highest BCUT2D eigenvalue weighted by atomic mass is 32.1. The SMILES string of the molecule is OCCCCc1nc(-c2cccs2)no1. The van der Waals surface area contributed by atoms with Gasteiger partial charge in [0.15, 0.2) is 0 Å². The van der Waals surface area contributed by atoms with Crippen LogP contribution in [0.15, 0.2) is 22.0 Å². The molecule has 2 rings (SSSR count). The number of aromatic nitrogens is 2. The molecule has 0 aliphatic carbocycles. The Morgan fingerprint density at radius 1 is 1.40 bits per heavy atom. The molecule has 0 unspecified atom stereocenters. The Labute approximate surface area is 91.6 Å². The number of nitrogens with zero attached hydrogens (tertiary/aromatic N) is 2. The Hall–Kier alpha value is -1.20. The normalized spacial score (nSPS) is 10.7. The zero-order valence-electron chi connectivity index (χ0n) is 8.22. The summed E-state index contributed by atoms with van der Waals surface area (Å²) in [5.41, 5.74) is 0. The first-order valence-corrected chi connectivity index (χ1v) is 5.75. The van der Waals surface area contributed by atoms with Crippen molar-refractivity contribution in [1.29, 1.82) is 0 Å². The fraction of sp³-hybridized carbons (Fsp3) is 0.400. The first-order chi connectivity index (χ1) is 7.40. The van der Waals surface area contributed by atoms with Crippen molar-refractivity contribution in [3.8, 4) is 10.7 Å². The lowest BCUT2D eigenvalue weighted by Crippen LogP contribution is -1.88. The highest BCUT2D eigenvalue weighted by Crippen LogP contribution is 2.21. The molecular weight excluding hydrogens is 212 g/mol. The number of aryl methyl sites for hydroxylation is 1. The van der Waals surface area contributed by atoms with Gasteiger partial charge in [-0.05, 0) is 24.3 Å². The lowest BCUT2D eigenvalue weighted by atomic mass is 10.2. The monoisotopic (exact) mass is 224 g/mol. The van der Waals surface area contributed by atoms with Gasteiger partial charge in [0.25, 0.3) is 0 Å². The Morgan fingerprint density at radius 3 is 3.07 bits per heavy atom. The molecule has 15 heavy (non-hydrogen) atoms. The van der Waals surface area contributed by atoms with Crippen molar-refractivity contribution < 1.29 is 9.63 Å². The molecule has 0 saturated heterocycles. The molecule has 4 nitrogen and oxygen atoms in total. The van der Waals surface area contributed by atoms with Crippen LogP contribution in [0.1, 0.15) is 18.7 Å². The number of rotatable bonds is 5. The van der Waals surface area contributed by atoms with E-state index in [0.717, 1.165) is 24.1 Å². The lowest BCUT2D eigenvalue weighted by Gasteiger charge is -1.90. The third-order valence-electron chi connectivity index (χ3n) is 2.01. The Bertz CT molecular complexity index is 397. The molecule has 0 fully saturated rings. The molecule has 0 bridgehead atoms. The van der Waals surface area contributed by atoms with E-state index in [1.165, 1.54) is 0 Å². The zero-order valence-corrected chi connectivity index (χ0v) is 9.04. The molecule has 1 N–H and O–H groups in total. The molecule has 0 aliphatic rings. The Morgan fingerprint density at radius 2 is 2.33 bits per heavy atom. The molecule has 2 aromatic rings. The molecule has 0 spiro atoms. The van der Waals surface area contributed by atoms with Crippen LogP contribution in [0.4, 0.5) is 0 Å². The number of hydrogen-bond donors (Lipinski definition) is 1. The molecule has 0 radical (unpaired) electrons. The summed E-state index contributed by atoms with van der Waals surface area (Å²) in [6, 6.07) is 3.93. The topological polar surface area (TPSA) is 59.2 Å². The van der Waals surface area contributed by atoms with Crippen molar-refractivity contribution in [2.75, 3.05) is 6.61 Å². The van der Waals surface area contributed by atoms with Crippen molar-refractivity contribution in [2.24, 2.45) is 0 Å². The average molecular weight is 224 g/mol. The van der Waals surface area contributed by atoms with Gasteiger partial charge in [0.05, 0.1) is 4.88 Å². The minimum absolute atomic E-state index is 0.214. The second kappa shape index (κ2) is 5.04. The van der Waals surface area contributed by atoms with Gasteiger partial charge in [-0.2, -0.15) is 4.98 Å². The van der Waals surface area contributed by atoms with Gasteiger partial charge in [-0.25, -0.2) is 0 Å². The number of unbranched alkanes of at least 4 members (excludes halogenated alkanes) is 1. The minimum Gasteiger partial charge on any atom is -0.396 e. The van der Waals surface area contributed by atoms with Gasteiger partial charge in [0, 0.05) is 13.0 Å². The quantitative estimate of drug-likeness (QED) is 0.790.